The van der Waals surface area contributed by atoms with Crippen molar-refractivity contribution in [2.45, 2.75) is 19.5 Å². The van der Waals surface area contributed by atoms with Crippen LogP contribution >= 0.6 is 0 Å². The van der Waals surface area contributed by atoms with Crippen LogP contribution in [0.1, 0.15) is 22.9 Å². The van der Waals surface area contributed by atoms with Gasteiger partial charge in [-0.2, -0.15) is 5.10 Å². The van der Waals surface area contributed by atoms with Gasteiger partial charge in [0.1, 0.15) is 6.04 Å². The summed E-state index contributed by atoms with van der Waals surface area (Å²) in [6.07, 6.45) is 1.70. The van der Waals surface area contributed by atoms with E-state index in [0.29, 0.717) is 6.54 Å². The van der Waals surface area contributed by atoms with Crippen molar-refractivity contribution in [2.24, 2.45) is 5.73 Å². The van der Waals surface area contributed by atoms with E-state index in [2.05, 4.69) is 15.5 Å². The lowest BCUT2D eigenvalue weighted by molar-refractivity contribution is -0.122. The maximum Gasteiger partial charge on any atom is 0.241 e. The molecule has 2 aromatic rings. The Bertz CT molecular complexity index is 521. The van der Waals surface area contributed by atoms with Crippen molar-refractivity contribution < 1.29 is 4.79 Å². The van der Waals surface area contributed by atoms with Crippen LogP contribution in [0.25, 0.3) is 0 Å². The normalized spacial score (nSPS) is 12.1. The minimum Gasteiger partial charge on any atom is -0.350 e. The molecule has 2 rings (SSSR count). The summed E-state index contributed by atoms with van der Waals surface area (Å²) in [5, 5.41) is 9.52. The number of aromatic nitrogens is 2. The molecule has 4 N–H and O–H groups in total. The van der Waals surface area contributed by atoms with E-state index >= 15 is 0 Å². The van der Waals surface area contributed by atoms with E-state index in [1.54, 1.807) is 6.20 Å². The quantitative estimate of drug-likeness (QED) is 0.751. The number of hydrogen-bond acceptors (Lipinski definition) is 3. The Balaban J connectivity index is 1.95. The molecule has 0 bridgehead atoms. The van der Waals surface area contributed by atoms with Gasteiger partial charge in [-0.15, -0.1) is 0 Å². The van der Waals surface area contributed by atoms with E-state index in [1.807, 2.05) is 37.3 Å². The molecule has 0 saturated carbocycles. The maximum atomic E-state index is 11.9. The van der Waals surface area contributed by atoms with Crippen molar-refractivity contribution in [3.63, 3.8) is 0 Å². The fourth-order valence-corrected chi connectivity index (χ4v) is 1.66. The first-order chi connectivity index (χ1) is 8.68. The van der Waals surface area contributed by atoms with Gasteiger partial charge in [0.25, 0.3) is 0 Å². The molecule has 0 unspecified atom stereocenters. The van der Waals surface area contributed by atoms with Crippen LogP contribution in [-0.2, 0) is 11.3 Å². The SMILES string of the molecule is Cc1[nH]ncc1CNC(=O)[C@H](N)c1ccccc1. The molecule has 94 valence electrons. The summed E-state index contributed by atoms with van der Waals surface area (Å²) >= 11 is 0. The van der Waals surface area contributed by atoms with Gasteiger partial charge in [-0.3, -0.25) is 9.89 Å². The van der Waals surface area contributed by atoms with Gasteiger partial charge in [0.15, 0.2) is 0 Å². The molecule has 1 amide bonds. The van der Waals surface area contributed by atoms with Crippen molar-refractivity contribution in [3.05, 3.63) is 53.3 Å². The number of hydrogen-bond donors (Lipinski definition) is 3. The van der Waals surface area contributed by atoms with Gasteiger partial charge < -0.3 is 11.1 Å². The van der Waals surface area contributed by atoms with Gasteiger partial charge in [-0.05, 0) is 12.5 Å². The molecule has 0 radical (unpaired) electrons. The molecule has 0 fully saturated rings. The Hall–Kier alpha value is -2.14. The summed E-state index contributed by atoms with van der Waals surface area (Å²) < 4.78 is 0. The lowest BCUT2D eigenvalue weighted by atomic mass is 10.1. The molecule has 1 aromatic carbocycles. The topological polar surface area (TPSA) is 83.8 Å². The zero-order valence-electron chi connectivity index (χ0n) is 10.2. The minimum atomic E-state index is -0.640. The molecule has 0 spiro atoms. The lowest BCUT2D eigenvalue weighted by Gasteiger charge is -2.12. The van der Waals surface area contributed by atoms with E-state index in [-0.39, 0.29) is 5.91 Å². The highest BCUT2D eigenvalue weighted by atomic mass is 16.2. The number of aromatic amines is 1. The first-order valence-corrected chi connectivity index (χ1v) is 5.75. The monoisotopic (exact) mass is 244 g/mol. The number of nitrogens with one attached hydrogen (secondary N) is 2. The zero-order chi connectivity index (χ0) is 13.0. The fourth-order valence-electron chi connectivity index (χ4n) is 1.66. The number of carbonyl (C=O) groups excluding carboxylic acids is 1. The number of aryl methyl sites for hydroxylation is 1. The molecule has 5 heteroatoms. The van der Waals surface area contributed by atoms with Gasteiger partial charge in [-0.25, -0.2) is 0 Å². The fraction of sp³-hybridized carbons (Fsp3) is 0.231. The Morgan fingerprint density at radius 1 is 1.44 bits per heavy atom. The van der Waals surface area contributed by atoms with Crippen LogP contribution in [0.5, 0.6) is 0 Å². The number of nitrogens with two attached hydrogens (primary N) is 1. The van der Waals surface area contributed by atoms with Crippen LogP contribution < -0.4 is 11.1 Å². The highest BCUT2D eigenvalue weighted by Crippen LogP contribution is 2.10. The predicted octanol–water partition coefficient (Wildman–Crippen LogP) is 1.03. The third-order valence-electron chi connectivity index (χ3n) is 2.83. The molecule has 5 nitrogen and oxygen atoms in total. The Kier molecular flexibility index (Phi) is 3.74. The highest BCUT2D eigenvalue weighted by molar-refractivity contribution is 5.82. The smallest absolute Gasteiger partial charge is 0.241 e. The van der Waals surface area contributed by atoms with Crippen LogP contribution in [0.3, 0.4) is 0 Å². The molecule has 0 saturated heterocycles. The average Bonchev–Trinajstić information content (AvgIpc) is 2.81. The molecular formula is C13H16N4O. The van der Waals surface area contributed by atoms with E-state index in [0.717, 1.165) is 16.8 Å². The molecule has 1 aromatic heterocycles. The highest BCUT2D eigenvalue weighted by Gasteiger charge is 2.15. The molecule has 0 aliphatic rings. The molecular weight excluding hydrogens is 228 g/mol. The van der Waals surface area contributed by atoms with Gasteiger partial charge in [0.05, 0.1) is 6.20 Å². The second-order valence-electron chi connectivity index (χ2n) is 4.13. The first-order valence-electron chi connectivity index (χ1n) is 5.75. The Labute approximate surface area is 105 Å². The summed E-state index contributed by atoms with van der Waals surface area (Å²) in [5.74, 6) is -0.193. The summed E-state index contributed by atoms with van der Waals surface area (Å²) in [6, 6.07) is 8.66. The van der Waals surface area contributed by atoms with E-state index in [1.165, 1.54) is 0 Å². The Morgan fingerprint density at radius 3 is 2.78 bits per heavy atom. The van der Waals surface area contributed by atoms with Crippen molar-refractivity contribution in [3.8, 4) is 0 Å². The number of benzene rings is 1. The third-order valence-corrected chi connectivity index (χ3v) is 2.83. The summed E-state index contributed by atoms with van der Waals surface area (Å²) in [6.45, 7) is 2.34. The largest absolute Gasteiger partial charge is 0.350 e. The lowest BCUT2D eigenvalue weighted by Crippen LogP contribution is -2.33. The number of amides is 1. The van der Waals surface area contributed by atoms with Gasteiger partial charge >= 0.3 is 0 Å². The van der Waals surface area contributed by atoms with Crippen LogP contribution in [0.2, 0.25) is 0 Å². The minimum absolute atomic E-state index is 0.193. The maximum absolute atomic E-state index is 11.9. The zero-order valence-corrected chi connectivity index (χ0v) is 10.2. The molecule has 0 aliphatic heterocycles. The van der Waals surface area contributed by atoms with Crippen molar-refractivity contribution in [2.75, 3.05) is 0 Å². The van der Waals surface area contributed by atoms with Crippen LogP contribution in [0.15, 0.2) is 36.5 Å². The van der Waals surface area contributed by atoms with Crippen LogP contribution in [-0.4, -0.2) is 16.1 Å². The Morgan fingerprint density at radius 2 is 2.17 bits per heavy atom. The number of carbonyl (C=O) groups is 1. The molecule has 18 heavy (non-hydrogen) atoms. The summed E-state index contributed by atoms with van der Waals surface area (Å²) in [5.41, 5.74) is 8.59. The first kappa shape index (κ1) is 12.3. The standard InChI is InChI=1S/C13H16N4O/c1-9-11(8-16-17-9)7-15-13(18)12(14)10-5-3-2-4-6-10/h2-6,8,12H,7,14H2,1H3,(H,15,18)(H,16,17)/t12-/m1/s1. The number of H-pyrrole nitrogens is 1. The van der Waals surface area contributed by atoms with Gasteiger partial charge in [0, 0.05) is 17.8 Å². The van der Waals surface area contributed by atoms with Gasteiger partial charge in [-0.1, -0.05) is 30.3 Å². The summed E-state index contributed by atoms with van der Waals surface area (Å²) in [4.78, 5) is 11.9. The second kappa shape index (κ2) is 5.46. The number of rotatable bonds is 4. The predicted molar refractivity (Wildman–Crippen MR) is 68.5 cm³/mol. The van der Waals surface area contributed by atoms with Crippen molar-refractivity contribution in [1.29, 1.82) is 0 Å². The molecule has 0 aliphatic carbocycles. The third kappa shape index (κ3) is 2.75. The molecule has 1 heterocycles. The van der Waals surface area contributed by atoms with E-state index in [9.17, 15) is 4.79 Å². The van der Waals surface area contributed by atoms with Crippen LogP contribution in [0, 0.1) is 6.92 Å². The number of nitrogens with zero attached hydrogens (tertiary/aromatic N) is 1. The average molecular weight is 244 g/mol. The van der Waals surface area contributed by atoms with E-state index in [4.69, 9.17) is 5.73 Å². The summed E-state index contributed by atoms with van der Waals surface area (Å²) in [7, 11) is 0. The second-order valence-corrected chi connectivity index (χ2v) is 4.13. The van der Waals surface area contributed by atoms with Gasteiger partial charge in [0.2, 0.25) is 5.91 Å². The van der Waals surface area contributed by atoms with Crippen molar-refractivity contribution >= 4 is 5.91 Å². The van der Waals surface area contributed by atoms with E-state index < -0.39 is 6.04 Å². The van der Waals surface area contributed by atoms with Crippen molar-refractivity contribution in [1.82, 2.24) is 15.5 Å². The molecule has 1 atom stereocenters. The van der Waals surface area contributed by atoms with Crippen LogP contribution in [0.4, 0.5) is 0 Å².